The lowest BCUT2D eigenvalue weighted by Crippen LogP contribution is -2.69. The summed E-state index contributed by atoms with van der Waals surface area (Å²) >= 11 is 2.47. The molecule has 87 heavy (non-hydrogen) atoms. The lowest BCUT2D eigenvalue weighted by Gasteiger charge is -2.56. The fraction of sp³-hybridized carbons (Fsp3) is 0.812. The Morgan fingerprint density at radius 3 is 1.90 bits per heavy atom. The number of ketones is 1. The molecule has 494 valence electrons. The number of fused-ring (bicyclic) bond motifs is 2. The fourth-order valence-electron chi connectivity index (χ4n) is 13.2. The quantitative estimate of drug-likeness (QED) is 0.0571. The van der Waals surface area contributed by atoms with Gasteiger partial charge in [0.25, 0.3) is 0 Å². The summed E-state index contributed by atoms with van der Waals surface area (Å²) in [7, 11) is -6.16. The van der Waals surface area contributed by atoms with E-state index in [1.54, 1.807) is 19.2 Å². The number of benzene rings is 1. The van der Waals surface area contributed by atoms with Crippen molar-refractivity contribution in [2.45, 2.75) is 325 Å². The Labute approximate surface area is 542 Å². The zero-order chi connectivity index (χ0) is 64.4. The number of hydrogen-bond donors (Lipinski definition) is 0. The Bertz CT molecular complexity index is 2490. The predicted octanol–water partition coefficient (Wildman–Crippen LogP) is 15.6. The molecule has 19 atom stereocenters. The lowest BCUT2D eigenvalue weighted by molar-refractivity contribution is -0.266. The Hall–Kier alpha value is -1.67. The van der Waals surface area contributed by atoms with Gasteiger partial charge in [-0.2, -0.15) is 0 Å². The van der Waals surface area contributed by atoms with E-state index in [2.05, 4.69) is 158 Å². The highest BCUT2D eigenvalue weighted by atomic mass is 127. The highest BCUT2D eigenvalue weighted by Crippen LogP contribution is 2.50. The van der Waals surface area contributed by atoms with Gasteiger partial charge in [0.1, 0.15) is 48.0 Å². The highest BCUT2D eigenvalue weighted by molar-refractivity contribution is 14.1. The molecule has 7 bridgehead atoms. The van der Waals surface area contributed by atoms with Crippen LogP contribution < -0.4 is 0 Å². The molecule has 0 spiro atoms. The van der Waals surface area contributed by atoms with Crippen LogP contribution in [0, 0.1) is 17.8 Å². The van der Waals surface area contributed by atoms with Crippen LogP contribution in [0.2, 0.25) is 54.4 Å². The minimum atomic E-state index is -2.66. The lowest BCUT2D eigenvalue weighted by atomic mass is 9.81. The van der Waals surface area contributed by atoms with Gasteiger partial charge in [0.2, 0.25) is 0 Å². The van der Waals surface area contributed by atoms with Crippen LogP contribution in [0.1, 0.15) is 184 Å². The van der Waals surface area contributed by atoms with Crippen molar-refractivity contribution >= 4 is 65.3 Å². The molecular formula is C69H115IO14Si3. The van der Waals surface area contributed by atoms with Crippen LogP contribution >= 0.6 is 22.6 Å². The Balaban J connectivity index is 1.37. The molecule has 14 nitrogen and oxygen atoms in total. The summed E-state index contributed by atoms with van der Waals surface area (Å²) in [5.41, 5.74) is 0.766. The molecule has 5 saturated heterocycles. The molecule has 18 heteroatoms. The third-order valence-corrected chi connectivity index (χ3v) is 36.5. The molecular weight excluding hydrogens is 1260 g/mol. The van der Waals surface area contributed by atoms with Crippen LogP contribution in [0.4, 0.5) is 0 Å². The highest BCUT2D eigenvalue weighted by Gasteiger charge is 2.59. The molecule has 9 rings (SSSR count). The van der Waals surface area contributed by atoms with Crippen molar-refractivity contribution in [1.82, 2.24) is 0 Å². The molecule has 8 heterocycles. The van der Waals surface area contributed by atoms with Crippen molar-refractivity contribution in [3.05, 3.63) is 60.2 Å². The zero-order valence-electron chi connectivity index (χ0n) is 57.1. The van der Waals surface area contributed by atoms with Crippen molar-refractivity contribution in [3.8, 4) is 0 Å². The predicted molar refractivity (Wildman–Crippen MR) is 360 cm³/mol. The van der Waals surface area contributed by atoms with E-state index in [1.807, 2.05) is 24.3 Å². The van der Waals surface area contributed by atoms with Gasteiger partial charge in [-0.1, -0.05) is 143 Å². The number of hydrogen-bond acceptors (Lipinski definition) is 14. The van der Waals surface area contributed by atoms with E-state index < -0.39 is 104 Å². The largest absolute Gasteiger partial charge is 0.458 e. The van der Waals surface area contributed by atoms with E-state index in [0.29, 0.717) is 56.4 Å². The maximum Gasteiger partial charge on any atom is 0.338 e. The number of rotatable bonds is 14. The van der Waals surface area contributed by atoms with Gasteiger partial charge in [0, 0.05) is 50.1 Å². The molecule has 0 radical (unpaired) electrons. The molecule has 3 unspecified atom stereocenters. The van der Waals surface area contributed by atoms with Crippen molar-refractivity contribution < 1.29 is 65.6 Å². The zero-order valence-corrected chi connectivity index (χ0v) is 62.3. The van der Waals surface area contributed by atoms with Crippen molar-refractivity contribution in [2.24, 2.45) is 17.8 Å². The van der Waals surface area contributed by atoms with Crippen LogP contribution in [-0.4, -0.2) is 151 Å². The average molecular weight is 1380 g/mol. The second kappa shape index (κ2) is 29.3. The maximum atomic E-state index is 15.1. The molecule has 0 saturated carbocycles. The Kier molecular flexibility index (Phi) is 24.5. The van der Waals surface area contributed by atoms with E-state index in [1.165, 1.54) is 6.92 Å². The molecule has 0 amide bonds. The van der Waals surface area contributed by atoms with E-state index in [0.717, 1.165) is 35.7 Å². The standard InChI is InChI=1S/C69H115IO14Si3/c1-22-43(2)36-58-60(74-15)53-39-48(72)38-50-31-33-54-61(77-50)63(83-86(18,19)67(9,10)11)64(84-87(20,21)68(12,13)14)62(80-54)55(82-85(16,17)66(6,7)8)34-30-49(78-65(73)47-26-24-23-25-27-47)28-29-52-41-69(42-70)59(76-52)35-32-51(81-69)37-44(3)45(4)56(75-46(5)71)40-57(53)79-58/h23-27,30,34,43-44,49-64H,4,22,28-29,31-33,35-42H2,1-3,5-21H3/b34-30+/t43?,44-,49?,50-,51-,52+,53?,54+,55+,56-,57+,58-,59+,60-,61+,62+,63+,64-,69-/m1/s1. The molecule has 1 aromatic carbocycles. The number of carbonyl (C=O) groups is 3. The Morgan fingerprint density at radius 1 is 0.713 bits per heavy atom. The smallest absolute Gasteiger partial charge is 0.338 e. The third kappa shape index (κ3) is 17.8. The number of esters is 2. The molecule has 5 fully saturated rings. The monoisotopic (exact) mass is 1380 g/mol. The van der Waals surface area contributed by atoms with Gasteiger partial charge in [-0.05, 0) is 141 Å². The molecule has 8 aliphatic rings. The number of halogens is 1. The summed E-state index contributed by atoms with van der Waals surface area (Å²) in [6.45, 7) is 46.7. The van der Waals surface area contributed by atoms with E-state index in [9.17, 15) is 9.59 Å². The number of alkyl halides is 1. The van der Waals surface area contributed by atoms with Gasteiger partial charge in [0.05, 0.1) is 60.5 Å². The van der Waals surface area contributed by atoms with E-state index in [-0.39, 0.29) is 76.1 Å². The molecule has 8 aliphatic heterocycles. The average Bonchev–Trinajstić information content (AvgIpc) is 1.13. The van der Waals surface area contributed by atoms with Crippen LogP contribution in [0.5, 0.6) is 0 Å². The van der Waals surface area contributed by atoms with Gasteiger partial charge in [-0.15, -0.1) is 0 Å². The Morgan fingerprint density at radius 2 is 1.31 bits per heavy atom. The second-order valence-electron chi connectivity index (χ2n) is 31.5. The fourth-order valence-corrected chi connectivity index (χ4v) is 18.0. The van der Waals surface area contributed by atoms with Crippen LogP contribution in [0.25, 0.3) is 0 Å². The normalized spacial score (nSPS) is 36.3. The molecule has 0 N–H and O–H groups in total. The van der Waals surface area contributed by atoms with E-state index >= 15 is 4.79 Å². The van der Waals surface area contributed by atoms with Gasteiger partial charge < -0.3 is 51.2 Å². The van der Waals surface area contributed by atoms with Crippen LogP contribution in [0.3, 0.4) is 0 Å². The summed E-state index contributed by atoms with van der Waals surface area (Å²) in [4.78, 5) is 42.4. The molecule has 0 aliphatic carbocycles. The summed E-state index contributed by atoms with van der Waals surface area (Å²) < 4.78 is 79.6. The first-order valence-corrected chi connectivity index (χ1v) is 43.4. The summed E-state index contributed by atoms with van der Waals surface area (Å²) in [6, 6.07) is 9.19. The SMILES string of the molecule is C=C1[C@H](C)C[C@H]2CC[C@@H]3O[C@@H](CCC(OC(=O)c4ccccc4)/C=C/[C@H](O[Si](C)(C)C(C)(C)C)[C@@H]4O[C@H]5CC[C@H](CC(=O)CC6[C@H](C[C@H]1OC(C)=O)O[C@H](CC(C)CC)[C@@H]6OC)O[C@@H]5[C@H](O[Si](C)(C)C(C)(C)C)[C@@H]4O[Si](C)(C)C(C)(C)C)C[C@]3(CI)O2. The molecule has 0 aromatic heterocycles. The number of methoxy groups -OCH3 is 1. The summed E-state index contributed by atoms with van der Waals surface area (Å²) in [5, 5.41) is -0.557. The van der Waals surface area contributed by atoms with E-state index in [4.69, 9.17) is 51.2 Å². The van der Waals surface area contributed by atoms with Crippen molar-refractivity contribution in [2.75, 3.05) is 11.5 Å². The third-order valence-electron chi connectivity index (χ3n) is 21.8. The van der Waals surface area contributed by atoms with Gasteiger partial charge in [0.15, 0.2) is 25.0 Å². The van der Waals surface area contributed by atoms with Gasteiger partial charge in [-0.3, -0.25) is 9.59 Å². The second-order valence-corrected chi connectivity index (χ2v) is 46.6. The van der Waals surface area contributed by atoms with Crippen LogP contribution in [-0.2, 0) is 60.8 Å². The van der Waals surface area contributed by atoms with Gasteiger partial charge in [-0.25, -0.2) is 4.79 Å². The minimum absolute atomic E-state index is 0.0630. The topological polar surface area (TPSA) is 153 Å². The first-order valence-electron chi connectivity index (χ1n) is 33.2. The van der Waals surface area contributed by atoms with Crippen LogP contribution in [0.15, 0.2) is 54.6 Å². The van der Waals surface area contributed by atoms with Crippen molar-refractivity contribution in [3.63, 3.8) is 0 Å². The molecule has 1 aromatic rings. The number of carbonyl (C=O) groups excluding carboxylic acids is 3. The maximum absolute atomic E-state index is 15.1. The first kappa shape index (κ1) is 72.8. The number of Topliss-reactive ketones (excluding diaryl/α,β-unsaturated/α-hetero) is 1. The number of ether oxygens (including phenoxy) is 8. The summed E-state index contributed by atoms with van der Waals surface area (Å²) in [6.07, 6.45) is 5.37. The van der Waals surface area contributed by atoms with Gasteiger partial charge >= 0.3 is 11.9 Å². The first-order chi connectivity index (χ1) is 40.4. The summed E-state index contributed by atoms with van der Waals surface area (Å²) in [5.74, 6) is -0.753. The minimum Gasteiger partial charge on any atom is -0.458 e. The van der Waals surface area contributed by atoms with Crippen molar-refractivity contribution in [1.29, 1.82) is 0 Å².